The summed E-state index contributed by atoms with van der Waals surface area (Å²) in [4.78, 5) is 2.68. The molecule has 3 nitrogen and oxygen atoms in total. The van der Waals surface area contributed by atoms with E-state index in [4.69, 9.17) is 0 Å². The van der Waals surface area contributed by atoms with Gasteiger partial charge in [0.05, 0.1) is 6.04 Å². The maximum absolute atomic E-state index is 10.0. The zero-order chi connectivity index (χ0) is 15.7. The van der Waals surface area contributed by atoms with Crippen LogP contribution in [-0.2, 0) is 13.5 Å². The van der Waals surface area contributed by atoms with Crippen LogP contribution >= 0.6 is 0 Å². The molecule has 4 bridgehead atoms. The van der Waals surface area contributed by atoms with Gasteiger partial charge < -0.3 is 9.67 Å². The van der Waals surface area contributed by atoms with Gasteiger partial charge in [-0.1, -0.05) is 29.8 Å². The molecule has 0 amide bonds. The number of aryl methyl sites for hydroxylation is 1. The second-order valence-electron chi connectivity index (χ2n) is 7.45. The van der Waals surface area contributed by atoms with Gasteiger partial charge in [0.25, 0.3) is 0 Å². The van der Waals surface area contributed by atoms with Gasteiger partial charge in [-0.2, -0.15) is 0 Å². The monoisotopic (exact) mass is 308 g/mol. The number of aliphatic hydroxyl groups excluding tert-OH is 1. The van der Waals surface area contributed by atoms with Crippen molar-refractivity contribution in [1.82, 2.24) is 9.47 Å². The smallest absolute Gasteiger partial charge is 0.0515 e. The van der Waals surface area contributed by atoms with Crippen molar-refractivity contribution in [2.45, 2.75) is 31.8 Å². The number of aliphatic hydroxyl groups is 1. The summed E-state index contributed by atoms with van der Waals surface area (Å²) in [5, 5.41) is 11.5. The van der Waals surface area contributed by atoms with E-state index < -0.39 is 0 Å². The molecule has 3 saturated heterocycles. The lowest BCUT2D eigenvalue weighted by Gasteiger charge is -2.58. The maximum atomic E-state index is 10.0. The van der Waals surface area contributed by atoms with Crippen molar-refractivity contribution < 1.29 is 5.11 Å². The Bertz CT molecular complexity index is 818. The third-order valence-corrected chi connectivity index (χ3v) is 6.73. The highest BCUT2D eigenvalue weighted by atomic mass is 16.3. The Kier molecular flexibility index (Phi) is 2.83. The van der Waals surface area contributed by atoms with Crippen LogP contribution in [0.2, 0.25) is 0 Å². The molecule has 5 heterocycles. The van der Waals surface area contributed by atoms with Gasteiger partial charge in [-0.05, 0) is 37.3 Å². The van der Waals surface area contributed by atoms with Gasteiger partial charge in [0, 0.05) is 48.8 Å². The predicted molar refractivity (Wildman–Crippen MR) is 92.3 cm³/mol. The number of fused-ring (bicyclic) bond motifs is 4. The van der Waals surface area contributed by atoms with E-state index in [1.54, 1.807) is 5.57 Å². The fourth-order valence-electron chi connectivity index (χ4n) is 5.71. The molecule has 0 radical (unpaired) electrons. The van der Waals surface area contributed by atoms with Crippen molar-refractivity contribution in [2.75, 3.05) is 13.2 Å². The Balaban J connectivity index is 1.72. The van der Waals surface area contributed by atoms with Crippen LogP contribution in [0.25, 0.3) is 10.9 Å². The van der Waals surface area contributed by atoms with Gasteiger partial charge in [-0.3, -0.25) is 4.90 Å². The quantitative estimate of drug-likeness (QED) is 0.820. The van der Waals surface area contributed by atoms with Crippen LogP contribution in [0, 0.1) is 11.8 Å². The molecule has 1 N–H and O–H groups in total. The first kappa shape index (κ1) is 13.8. The molecule has 5 atom stereocenters. The number of hydrogen-bond acceptors (Lipinski definition) is 2. The molecule has 2 aromatic rings. The number of nitrogens with zero attached hydrogens (tertiary/aromatic N) is 2. The first-order valence-electron chi connectivity index (χ1n) is 8.82. The summed E-state index contributed by atoms with van der Waals surface area (Å²) in [6, 6.07) is 9.84. The first-order chi connectivity index (χ1) is 11.2. The van der Waals surface area contributed by atoms with Crippen LogP contribution in [0.5, 0.6) is 0 Å². The normalized spacial score (nSPS) is 36.7. The number of allylic oxidation sites excluding steroid dienone is 1. The number of piperidine rings is 3. The summed E-state index contributed by atoms with van der Waals surface area (Å²) in [6.07, 6.45) is 4.54. The molecule has 120 valence electrons. The van der Waals surface area contributed by atoms with Crippen molar-refractivity contribution in [2.24, 2.45) is 18.9 Å². The molecular formula is C20H24N2O. The highest BCUT2D eigenvalue weighted by Crippen LogP contribution is 2.54. The van der Waals surface area contributed by atoms with Crippen LogP contribution in [0.4, 0.5) is 0 Å². The van der Waals surface area contributed by atoms with E-state index in [9.17, 15) is 5.11 Å². The van der Waals surface area contributed by atoms with Crippen LogP contribution < -0.4 is 0 Å². The average Bonchev–Trinajstić information content (AvgIpc) is 2.87. The molecule has 6 rings (SSSR count). The van der Waals surface area contributed by atoms with E-state index in [2.05, 4.69) is 53.8 Å². The Labute approximate surface area is 137 Å². The lowest BCUT2D eigenvalue weighted by molar-refractivity contribution is -0.0513. The SMILES string of the molecule is C/C=C1/CN2C3Cc4c(n(C)c5ccccc45)[C@@H]2C[C@@H]1[C@H]3CO. The second kappa shape index (κ2) is 4.71. The van der Waals surface area contributed by atoms with Gasteiger partial charge in [0.1, 0.15) is 0 Å². The molecular weight excluding hydrogens is 284 g/mol. The van der Waals surface area contributed by atoms with E-state index in [0.717, 1.165) is 13.0 Å². The molecule has 0 spiro atoms. The van der Waals surface area contributed by atoms with E-state index in [-0.39, 0.29) is 0 Å². The summed E-state index contributed by atoms with van der Waals surface area (Å²) in [6.45, 7) is 3.56. The minimum Gasteiger partial charge on any atom is -0.396 e. The van der Waals surface area contributed by atoms with Crippen molar-refractivity contribution >= 4 is 10.9 Å². The summed E-state index contributed by atoms with van der Waals surface area (Å²) in [5.74, 6) is 0.967. The number of para-hydroxylation sites is 1. The molecule has 0 aliphatic carbocycles. The molecule has 2 unspecified atom stereocenters. The van der Waals surface area contributed by atoms with E-state index >= 15 is 0 Å². The van der Waals surface area contributed by atoms with E-state index in [0.29, 0.717) is 30.5 Å². The largest absolute Gasteiger partial charge is 0.396 e. The number of benzene rings is 1. The van der Waals surface area contributed by atoms with Gasteiger partial charge >= 0.3 is 0 Å². The Morgan fingerprint density at radius 3 is 2.91 bits per heavy atom. The van der Waals surface area contributed by atoms with E-state index in [1.165, 1.54) is 28.6 Å². The number of hydrogen-bond donors (Lipinski definition) is 1. The minimum atomic E-state index is 0.315. The van der Waals surface area contributed by atoms with Crippen LogP contribution in [-0.4, -0.2) is 33.8 Å². The van der Waals surface area contributed by atoms with Crippen LogP contribution in [0.1, 0.15) is 30.6 Å². The number of rotatable bonds is 1. The summed E-state index contributed by atoms with van der Waals surface area (Å²) >= 11 is 0. The molecule has 4 aliphatic heterocycles. The molecule has 3 fully saturated rings. The maximum Gasteiger partial charge on any atom is 0.0515 e. The minimum absolute atomic E-state index is 0.315. The Morgan fingerprint density at radius 1 is 1.30 bits per heavy atom. The molecule has 1 aromatic heterocycles. The van der Waals surface area contributed by atoms with Gasteiger partial charge in [-0.15, -0.1) is 0 Å². The summed E-state index contributed by atoms with van der Waals surface area (Å²) < 4.78 is 2.43. The van der Waals surface area contributed by atoms with Gasteiger partial charge in [0.2, 0.25) is 0 Å². The standard InChI is InChI=1S/C20H24N2O/c1-3-12-10-22-18-9-15-13-6-4-5-7-17(13)21(2)20(15)19(22)8-14(12)16(18)11-23/h3-7,14,16,18-19,23H,8-11H2,1-2H3/b12-3-/t14-,16+,18?,19-/m0/s1. The summed E-state index contributed by atoms with van der Waals surface area (Å²) in [7, 11) is 2.23. The van der Waals surface area contributed by atoms with Gasteiger partial charge in [-0.25, -0.2) is 0 Å². The third-order valence-electron chi connectivity index (χ3n) is 6.73. The number of aromatic nitrogens is 1. The van der Waals surface area contributed by atoms with Crippen molar-refractivity contribution in [1.29, 1.82) is 0 Å². The Morgan fingerprint density at radius 2 is 2.13 bits per heavy atom. The van der Waals surface area contributed by atoms with Crippen LogP contribution in [0.3, 0.4) is 0 Å². The zero-order valence-electron chi connectivity index (χ0n) is 13.9. The highest BCUT2D eigenvalue weighted by Gasteiger charge is 2.52. The van der Waals surface area contributed by atoms with Crippen molar-refractivity contribution in [3.05, 3.63) is 47.2 Å². The van der Waals surface area contributed by atoms with Crippen LogP contribution in [0.15, 0.2) is 35.9 Å². The summed E-state index contributed by atoms with van der Waals surface area (Å²) in [5.41, 5.74) is 5.96. The topological polar surface area (TPSA) is 28.4 Å². The van der Waals surface area contributed by atoms with E-state index in [1.807, 2.05) is 0 Å². The molecule has 23 heavy (non-hydrogen) atoms. The average molecular weight is 308 g/mol. The lowest BCUT2D eigenvalue weighted by Crippen LogP contribution is -2.61. The Hall–Kier alpha value is -1.58. The third kappa shape index (κ3) is 1.62. The van der Waals surface area contributed by atoms with Crippen molar-refractivity contribution in [3.63, 3.8) is 0 Å². The molecule has 1 aromatic carbocycles. The molecule has 4 aliphatic rings. The van der Waals surface area contributed by atoms with Crippen molar-refractivity contribution in [3.8, 4) is 0 Å². The fraction of sp³-hybridized carbons (Fsp3) is 0.500. The fourth-order valence-corrected chi connectivity index (χ4v) is 5.71. The molecule has 3 heteroatoms. The zero-order valence-corrected chi connectivity index (χ0v) is 13.9. The predicted octanol–water partition coefficient (Wildman–Crippen LogP) is 3.03. The lowest BCUT2D eigenvalue weighted by atomic mass is 9.64. The van der Waals surface area contributed by atoms with Gasteiger partial charge in [0.15, 0.2) is 0 Å². The molecule has 0 saturated carbocycles. The first-order valence-corrected chi connectivity index (χ1v) is 8.82. The second-order valence-corrected chi connectivity index (χ2v) is 7.45. The highest BCUT2D eigenvalue weighted by molar-refractivity contribution is 5.86.